The van der Waals surface area contributed by atoms with Crippen molar-refractivity contribution in [2.24, 2.45) is 5.92 Å². The van der Waals surface area contributed by atoms with Gasteiger partial charge in [-0.2, -0.15) is 0 Å². The van der Waals surface area contributed by atoms with Crippen LogP contribution < -0.4 is 5.32 Å². The van der Waals surface area contributed by atoms with Gasteiger partial charge in [-0.25, -0.2) is 0 Å². The van der Waals surface area contributed by atoms with E-state index in [9.17, 15) is 9.59 Å². The highest BCUT2D eigenvalue weighted by atomic mass is 35.5. The molecule has 5 nitrogen and oxygen atoms in total. The molecule has 2 rings (SSSR count). The minimum Gasteiger partial charge on any atom is -0.465 e. The number of ether oxygens (including phenoxy) is 2. The van der Waals surface area contributed by atoms with Gasteiger partial charge in [0.15, 0.2) is 5.92 Å². The average Bonchev–Trinajstić information content (AvgIpc) is 2.64. The lowest BCUT2D eigenvalue weighted by Crippen LogP contribution is -2.36. The normalized spacial score (nSPS) is 11.7. The highest BCUT2D eigenvalue weighted by Crippen LogP contribution is 2.30. The van der Waals surface area contributed by atoms with E-state index in [0.29, 0.717) is 21.3 Å². The van der Waals surface area contributed by atoms with Crippen LogP contribution in [0.2, 0.25) is 10.0 Å². The quantitative estimate of drug-likeness (QED) is 0.496. The van der Waals surface area contributed by atoms with Gasteiger partial charge in [-0.05, 0) is 55.8 Å². The van der Waals surface area contributed by atoms with Crippen LogP contribution in [-0.4, -0.2) is 25.2 Å². The minimum atomic E-state index is -1.18. The molecule has 0 saturated heterocycles. The molecule has 0 amide bonds. The van der Waals surface area contributed by atoms with Crippen LogP contribution in [0.25, 0.3) is 0 Å². The van der Waals surface area contributed by atoms with E-state index in [-0.39, 0.29) is 13.2 Å². The highest BCUT2D eigenvalue weighted by molar-refractivity contribution is 6.30. The number of esters is 2. The Morgan fingerprint density at radius 2 is 1.30 bits per heavy atom. The van der Waals surface area contributed by atoms with Crippen molar-refractivity contribution in [2.75, 3.05) is 18.5 Å². The SMILES string of the molecule is CCOC(=O)C(C(=O)OCC)C(Nc1ccc(Cl)cc1)c1ccc(Cl)cc1. The molecule has 0 radical (unpaired) electrons. The minimum absolute atomic E-state index is 0.156. The summed E-state index contributed by atoms with van der Waals surface area (Å²) in [6.45, 7) is 3.68. The number of halogens is 2. The molecule has 0 saturated carbocycles. The number of benzene rings is 2. The maximum Gasteiger partial charge on any atom is 0.322 e. The molecule has 0 aromatic heterocycles. The maximum absolute atomic E-state index is 12.6. The van der Waals surface area contributed by atoms with Crippen LogP contribution in [0.5, 0.6) is 0 Å². The number of hydrogen-bond donors (Lipinski definition) is 1. The van der Waals surface area contributed by atoms with Gasteiger partial charge in [0.25, 0.3) is 0 Å². The van der Waals surface area contributed by atoms with Gasteiger partial charge in [-0.3, -0.25) is 9.59 Å². The number of carbonyl (C=O) groups excluding carboxylic acids is 2. The van der Waals surface area contributed by atoms with Crippen molar-refractivity contribution in [3.05, 3.63) is 64.1 Å². The average molecular weight is 410 g/mol. The van der Waals surface area contributed by atoms with Crippen LogP contribution in [0, 0.1) is 5.92 Å². The summed E-state index contributed by atoms with van der Waals surface area (Å²) in [5.74, 6) is -2.49. The summed E-state index contributed by atoms with van der Waals surface area (Å²) < 4.78 is 10.3. The first-order chi connectivity index (χ1) is 13.0. The zero-order chi connectivity index (χ0) is 19.8. The van der Waals surface area contributed by atoms with Crippen molar-refractivity contribution >= 4 is 40.8 Å². The lowest BCUT2D eigenvalue weighted by molar-refractivity contribution is -0.162. The van der Waals surface area contributed by atoms with Gasteiger partial charge in [0.1, 0.15) is 0 Å². The molecule has 0 heterocycles. The molecule has 1 N–H and O–H groups in total. The van der Waals surface area contributed by atoms with Crippen LogP contribution in [0.15, 0.2) is 48.5 Å². The molecule has 0 aliphatic rings. The summed E-state index contributed by atoms with van der Waals surface area (Å²) in [4.78, 5) is 25.2. The summed E-state index contributed by atoms with van der Waals surface area (Å²) >= 11 is 11.9. The van der Waals surface area contributed by atoms with Crippen molar-refractivity contribution in [1.29, 1.82) is 0 Å². The smallest absolute Gasteiger partial charge is 0.322 e. The third-order valence-electron chi connectivity index (χ3n) is 3.81. The fraction of sp³-hybridized carbons (Fsp3) is 0.300. The zero-order valence-corrected chi connectivity index (χ0v) is 16.6. The second kappa shape index (κ2) is 10.2. The molecule has 2 aromatic rings. The van der Waals surface area contributed by atoms with Crippen LogP contribution >= 0.6 is 23.2 Å². The molecule has 0 aliphatic carbocycles. The highest BCUT2D eigenvalue weighted by Gasteiger charge is 2.38. The molecule has 7 heteroatoms. The van der Waals surface area contributed by atoms with Crippen molar-refractivity contribution in [2.45, 2.75) is 19.9 Å². The second-order valence-corrected chi connectivity index (χ2v) is 6.54. The Hall–Kier alpha value is -2.24. The maximum atomic E-state index is 12.6. The Kier molecular flexibility index (Phi) is 7.95. The summed E-state index contributed by atoms with van der Waals surface area (Å²) in [5, 5.41) is 4.35. The predicted octanol–water partition coefficient (Wildman–Crippen LogP) is 4.89. The van der Waals surface area contributed by atoms with Crippen molar-refractivity contribution in [3.63, 3.8) is 0 Å². The van der Waals surface area contributed by atoms with Gasteiger partial charge in [0, 0.05) is 15.7 Å². The molecule has 27 heavy (non-hydrogen) atoms. The van der Waals surface area contributed by atoms with E-state index < -0.39 is 23.9 Å². The molecular weight excluding hydrogens is 389 g/mol. The van der Waals surface area contributed by atoms with E-state index >= 15 is 0 Å². The lowest BCUT2D eigenvalue weighted by Gasteiger charge is -2.26. The molecule has 1 unspecified atom stereocenters. The fourth-order valence-corrected chi connectivity index (χ4v) is 2.84. The van der Waals surface area contributed by atoms with E-state index in [0.717, 1.165) is 0 Å². The van der Waals surface area contributed by atoms with Gasteiger partial charge in [0.2, 0.25) is 0 Å². The Morgan fingerprint density at radius 3 is 1.74 bits per heavy atom. The summed E-state index contributed by atoms with van der Waals surface area (Å²) in [5.41, 5.74) is 1.39. The molecule has 144 valence electrons. The Labute approximate surface area is 168 Å². The largest absolute Gasteiger partial charge is 0.465 e. The number of carbonyl (C=O) groups is 2. The number of rotatable bonds is 8. The van der Waals surface area contributed by atoms with Gasteiger partial charge >= 0.3 is 11.9 Å². The molecule has 1 atom stereocenters. The number of anilines is 1. The summed E-state index contributed by atoms with van der Waals surface area (Å²) in [6, 6.07) is 13.1. The molecule has 0 bridgehead atoms. The standard InChI is InChI=1S/C20H21Cl2NO4/c1-3-26-19(24)17(20(25)27-4-2)18(13-5-7-14(21)8-6-13)23-16-11-9-15(22)10-12-16/h5-12,17-18,23H,3-4H2,1-2H3. The molecule has 0 fully saturated rings. The van der Waals surface area contributed by atoms with Gasteiger partial charge in [0.05, 0.1) is 19.3 Å². The first-order valence-electron chi connectivity index (χ1n) is 8.57. The topological polar surface area (TPSA) is 64.6 Å². The Bertz CT molecular complexity index is 745. The summed E-state index contributed by atoms with van der Waals surface area (Å²) in [6.07, 6.45) is 0. The molecular formula is C20H21Cl2NO4. The number of hydrogen-bond acceptors (Lipinski definition) is 5. The van der Waals surface area contributed by atoms with Crippen molar-refractivity contribution < 1.29 is 19.1 Å². The first kappa shape index (κ1) is 21.1. The zero-order valence-electron chi connectivity index (χ0n) is 15.1. The van der Waals surface area contributed by atoms with Gasteiger partial charge in [-0.15, -0.1) is 0 Å². The Morgan fingerprint density at radius 1 is 0.852 bits per heavy atom. The van der Waals surface area contributed by atoms with Crippen LogP contribution in [0.1, 0.15) is 25.5 Å². The fourth-order valence-electron chi connectivity index (χ4n) is 2.59. The lowest BCUT2D eigenvalue weighted by atomic mass is 9.92. The third kappa shape index (κ3) is 5.88. The molecule has 0 aliphatic heterocycles. The number of nitrogens with one attached hydrogen (secondary N) is 1. The van der Waals surface area contributed by atoms with Crippen molar-refractivity contribution in [1.82, 2.24) is 0 Å². The van der Waals surface area contributed by atoms with E-state index in [4.69, 9.17) is 32.7 Å². The van der Waals surface area contributed by atoms with Crippen LogP contribution in [0.3, 0.4) is 0 Å². The van der Waals surface area contributed by atoms with Gasteiger partial charge < -0.3 is 14.8 Å². The van der Waals surface area contributed by atoms with E-state index in [1.54, 1.807) is 62.4 Å². The summed E-state index contributed by atoms with van der Waals surface area (Å²) in [7, 11) is 0. The Balaban J connectivity index is 2.45. The molecule has 0 spiro atoms. The first-order valence-corrected chi connectivity index (χ1v) is 9.32. The van der Waals surface area contributed by atoms with E-state index in [1.165, 1.54) is 0 Å². The van der Waals surface area contributed by atoms with E-state index in [1.807, 2.05) is 0 Å². The predicted molar refractivity (Wildman–Crippen MR) is 106 cm³/mol. The van der Waals surface area contributed by atoms with Crippen molar-refractivity contribution in [3.8, 4) is 0 Å². The second-order valence-electron chi connectivity index (χ2n) is 5.66. The van der Waals surface area contributed by atoms with E-state index in [2.05, 4.69) is 5.32 Å². The van der Waals surface area contributed by atoms with Crippen LogP contribution in [-0.2, 0) is 19.1 Å². The third-order valence-corrected chi connectivity index (χ3v) is 4.31. The van der Waals surface area contributed by atoms with Crippen LogP contribution in [0.4, 0.5) is 5.69 Å². The monoisotopic (exact) mass is 409 g/mol. The van der Waals surface area contributed by atoms with Gasteiger partial charge in [-0.1, -0.05) is 35.3 Å². The molecule has 2 aromatic carbocycles.